The Kier molecular flexibility index (Phi) is 5.10. The Morgan fingerprint density at radius 1 is 1.46 bits per heavy atom. The van der Waals surface area contributed by atoms with Crippen molar-refractivity contribution in [2.24, 2.45) is 5.92 Å². The van der Waals surface area contributed by atoms with E-state index < -0.39 is 0 Å². The molecule has 0 radical (unpaired) electrons. The van der Waals surface area contributed by atoms with Gasteiger partial charge >= 0.3 is 6.03 Å². The van der Waals surface area contributed by atoms with E-state index in [2.05, 4.69) is 15.5 Å². The second-order valence-electron chi connectivity index (χ2n) is 5.87. The molecule has 2 heterocycles. The molecule has 3 rings (SSSR count). The minimum Gasteiger partial charge on any atom is -0.381 e. The first kappa shape index (κ1) is 16.4. The van der Waals surface area contributed by atoms with E-state index in [4.69, 9.17) is 9.26 Å². The van der Waals surface area contributed by atoms with Gasteiger partial charge in [-0.1, -0.05) is 17.3 Å². The molecule has 1 aromatic carbocycles. The van der Waals surface area contributed by atoms with Gasteiger partial charge in [-0.25, -0.2) is 4.79 Å². The maximum Gasteiger partial charge on any atom is 0.321 e. The van der Waals surface area contributed by atoms with Crippen molar-refractivity contribution in [3.63, 3.8) is 0 Å². The van der Waals surface area contributed by atoms with Crippen molar-refractivity contribution in [1.29, 1.82) is 0 Å². The number of hydrogen-bond donors (Lipinski definition) is 1. The van der Waals surface area contributed by atoms with E-state index in [1.54, 1.807) is 6.92 Å². The van der Waals surface area contributed by atoms with Gasteiger partial charge in [0.2, 0.25) is 11.7 Å². The fourth-order valence-electron chi connectivity index (χ4n) is 2.83. The van der Waals surface area contributed by atoms with Crippen molar-refractivity contribution < 1.29 is 14.1 Å². The van der Waals surface area contributed by atoms with Crippen molar-refractivity contribution in [3.8, 4) is 11.4 Å². The van der Waals surface area contributed by atoms with Crippen LogP contribution < -0.4 is 5.32 Å². The number of aryl methyl sites for hydroxylation is 1. The fourth-order valence-corrected chi connectivity index (χ4v) is 2.83. The minimum atomic E-state index is -0.110. The van der Waals surface area contributed by atoms with Gasteiger partial charge in [0.1, 0.15) is 0 Å². The molecule has 0 spiro atoms. The van der Waals surface area contributed by atoms with Crippen LogP contribution in [0.25, 0.3) is 11.4 Å². The molecule has 24 heavy (non-hydrogen) atoms. The summed E-state index contributed by atoms with van der Waals surface area (Å²) >= 11 is 0. The predicted octanol–water partition coefficient (Wildman–Crippen LogP) is 2.94. The van der Waals surface area contributed by atoms with Crippen molar-refractivity contribution in [3.05, 3.63) is 30.2 Å². The molecule has 1 fully saturated rings. The van der Waals surface area contributed by atoms with Gasteiger partial charge in [-0.15, -0.1) is 0 Å². The number of urea groups is 1. The number of carbonyl (C=O) groups is 1. The molecule has 7 heteroatoms. The lowest BCUT2D eigenvalue weighted by Gasteiger charge is -2.18. The number of anilines is 1. The molecule has 1 aliphatic heterocycles. The maximum atomic E-state index is 12.5. The fraction of sp³-hybridized carbons (Fsp3) is 0.471. The predicted molar refractivity (Wildman–Crippen MR) is 89.7 cm³/mol. The molecule has 1 aliphatic rings. The monoisotopic (exact) mass is 330 g/mol. The van der Waals surface area contributed by atoms with Crippen molar-refractivity contribution in [2.45, 2.75) is 20.3 Å². The molecule has 7 nitrogen and oxygen atoms in total. The average Bonchev–Trinajstić information content (AvgIpc) is 3.22. The molecular formula is C17H22N4O3. The Morgan fingerprint density at radius 2 is 2.29 bits per heavy atom. The molecule has 2 aromatic rings. The first-order valence-corrected chi connectivity index (χ1v) is 8.20. The van der Waals surface area contributed by atoms with Crippen LogP contribution >= 0.6 is 0 Å². The van der Waals surface area contributed by atoms with E-state index in [9.17, 15) is 4.79 Å². The summed E-state index contributed by atoms with van der Waals surface area (Å²) in [6, 6.07) is 7.34. The maximum absolute atomic E-state index is 12.5. The molecule has 0 aliphatic carbocycles. The Hall–Kier alpha value is -2.41. The van der Waals surface area contributed by atoms with Crippen LogP contribution in [0.4, 0.5) is 10.5 Å². The van der Waals surface area contributed by atoms with Gasteiger partial charge in [-0.3, -0.25) is 0 Å². The quantitative estimate of drug-likeness (QED) is 0.911. The van der Waals surface area contributed by atoms with E-state index in [1.165, 1.54) is 0 Å². The third-order valence-corrected chi connectivity index (χ3v) is 4.07. The lowest BCUT2D eigenvalue weighted by atomic mass is 10.1. The van der Waals surface area contributed by atoms with E-state index >= 15 is 0 Å². The summed E-state index contributed by atoms with van der Waals surface area (Å²) in [6.07, 6.45) is 0.971. The highest BCUT2D eigenvalue weighted by Gasteiger charge is 2.26. The van der Waals surface area contributed by atoms with E-state index in [-0.39, 0.29) is 6.03 Å². The number of rotatable bonds is 5. The van der Waals surface area contributed by atoms with Gasteiger partial charge in [0.25, 0.3) is 0 Å². The normalized spacial score (nSPS) is 17.2. The summed E-state index contributed by atoms with van der Waals surface area (Å²) in [5.74, 6) is 1.37. The van der Waals surface area contributed by atoms with Crippen molar-refractivity contribution in [2.75, 3.05) is 31.6 Å². The molecular weight excluding hydrogens is 308 g/mol. The highest BCUT2D eigenvalue weighted by molar-refractivity contribution is 5.93. The van der Waals surface area contributed by atoms with Crippen LogP contribution in [0.15, 0.2) is 28.8 Å². The van der Waals surface area contributed by atoms with Gasteiger partial charge in [0.15, 0.2) is 0 Å². The Morgan fingerprint density at radius 3 is 3.04 bits per heavy atom. The van der Waals surface area contributed by atoms with Crippen LogP contribution in [0.5, 0.6) is 0 Å². The summed E-state index contributed by atoms with van der Waals surface area (Å²) in [5, 5.41) is 6.89. The summed E-state index contributed by atoms with van der Waals surface area (Å²) in [4.78, 5) is 18.6. The zero-order chi connectivity index (χ0) is 16.9. The Labute approximate surface area is 141 Å². The summed E-state index contributed by atoms with van der Waals surface area (Å²) in [5.41, 5.74) is 1.42. The van der Waals surface area contributed by atoms with Gasteiger partial charge in [0.05, 0.1) is 12.3 Å². The number of nitrogens with zero attached hydrogens (tertiary/aromatic N) is 3. The number of benzene rings is 1. The highest BCUT2D eigenvalue weighted by Crippen LogP contribution is 2.26. The number of ether oxygens (including phenoxy) is 1. The summed E-state index contributed by atoms with van der Waals surface area (Å²) in [7, 11) is 0. The van der Waals surface area contributed by atoms with Crippen LogP contribution in [0.1, 0.15) is 19.2 Å². The molecule has 1 atom stereocenters. The van der Waals surface area contributed by atoms with Crippen LogP contribution in [0.2, 0.25) is 0 Å². The topological polar surface area (TPSA) is 80.5 Å². The lowest BCUT2D eigenvalue weighted by Crippen LogP contribution is -2.33. The van der Waals surface area contributed by atoms with Crippen LogP contribution in [-0.2, 0) is 4.74 Å². The second kappa shape index (κ2) is 7.44. The zero-order valence-electron chi connectivity index (χ0n) is 14.0. The van der Waals surface area contributed by atoms with Gasteiger partial charge in [-0.05, 0) is 25.5 Å². The van der Waals surface area contributed by atoms with Gasteiger partial charge in [0, 0.05) is 38.1 Å². The number of likely N-dealkylation sites (tertiary alicyclic amines) is 1. The van der Waals surface area contributed by atoms with Crippen LogP contribution in [0.3, 0.4) is 0 Å². The molecule has 1 aromatic heterocycles. The second-order valence-corrected chi connectivity index (χ2v) is 5.87. The van der Waals surface area contributed by atoms with Gasteiger partial charge < -0.3 is 19.5 Å². The van der Waals surface area contributed by atoms with Crippen molar-refractivity contribution >= 4 is 11.7 Å². The zero-order valence-corrected chi connectivity index (χ0v) is 14.0. The van der Waals surface area contributed by atoms with Crippen molar-refractivity contribution in [1.82, 2.24) is 15.0 Å². The summed E-state index contributed by atoms with van der Waals surface area (Å²) < 4.78 is 10.5. The molecule has 128 valence electrons. The number of carbonyl (C=O) groups excluding carboxylic acids is 1. The van der Waals surface area contributed by atoms with E-state index in [1.807, 2.05) is 36.1 Å². The molecule has 1 saturated heterocycles. The van der Waals surface area contributed by atoms with E-state index in [0.717, 1.165) is 25.1 Å². The van der Waals surface area contributed by atoms with E-state index in [0.29, 0.717) is 36.5 Å². The largest absolute Gasteiger partial charge is 0.381 e. The standard InChI is InChI=1S/C17H22N4O3/c1-3-23-11-13-8-9-21(10-13)17(22)19-15-7-5-4-6-14(15)16-18-12(2)24-20-16/h4-7,13H,3,8-11H2,1-2H3,(H,19,22)/t13-/m1/s1. The number of aromatic nitrogens is 2. The van der Waals surface area contributed by atoms with Crippen LogP contribution in [-0.4, -0.2) is 47.4 Å². The summed E-state index contributed by atoms with van der Waals surface area (Å²) in [6.45, 7) is 6.60. The minimum absolute atomic E-state index is 0.110. The number of para-hydroxylation sites is 1. The molecule has 0 saturated carbocycles. The SMILES string of the molecule is CCOC[C@@H]1CCN(C(=O)Nc2ccccc2-c2noc(C)n2)C1. The number of hydrogen-bond acceptors (Lipinski definition) is 5. The molecule has 2 amide bonds. The number of nitrogens with one attached hydrogen (secondary N) is 1. The third-order valence-electron chi connectivity index (χ3n) is 4.07. The third kappa shape index (κ3) is 3.73. The lowest BCUT2D eigenvalue weighted by molar-refractivity contribution is 0.113. The smallest absolute Gasteiger partial charge is 0.321 e. The van der Waals surface area contributed by atoms with Crippen LogP contribution in [0, 0.1) is 12.8 Å². The Balaban J connectivity index is 1.67. The molecule has 0 bridgehead atoms. The first-order valence-electron chi connectivity index (χ1n) is 8.20. The van der Waals surface area contributed by atoms with Gasteiger partial charge in [-0.2, -0.15) is 4.98 Å². The highest BCUT2D eigenvalue weighted by atomic mass is 16.5. The number of amides is 2. The first-order chi connectivity index (χ1) is 11.7. The Bertz CT molecular complexity index is 701. The molecule has 0 unspecified atom stereocenters. The average molecular weight is 330 g/mol. The molecule has 1 N–H and O–H groups in total.